The normalized spacial score (nSPS) is 19.0. The van der Waals surface area contributed by atoms with Crippen molar-refractivity contribution in [2.24, 2.45) is 0 Å². The summed E-state index contributed by atoms with van der Waals surface area (Å²) in [6.45, 7) is 1.26. The molecular weight excluding hydrogens is 297 g/mol. The number of aliphatic hydroxyl groups excluding tert-OH is 1. The zero-order valence-electron chi connectivity index (χ0n) is 11.9. The maximum atomic E-state index is 13.0. The number of hydrogen-bond acceptors (Lipinski definition) is 4. The van der Waals surface area contributed by atoms with E-state index in [0.29, 0.717) is 18.8 Å². The summed E-state index contributed by atoms with van der Waals surface area (Å²) in [5, 5.41) is 17.6. The molecule has 4 nitrogen and oxygen atoms in total. The molecule has 1 aliphatic heterocycles. The molecule has 0 radical (unpaired) electrons. The number of ether oxygens (including phenoxy) is 1. The zero-order chi connectivity index (χ0) is 16.2. The first kappa shape index (κ1) is 16.6. The Hall–Kier alpha value is -1.78. The summed E-state index contributed by atoms with van der Waals surface area (Å²) in [5.41, 5.74) is -0.851. The lowest BCUT2D eigenvalue weighted by Gasteiger charge is -2.34. The summed E-state index contributed by atoms with van der Waals surface area (Å²) >= 11 is 0. The molecule has 120 valence electrons. The van der Waals surface area contributed by atoms with E-state index in [9.17, 15) is 13.2 Å². The van der Waals surface area contributed by atoms with Gasteiger partial charge in [-0.2, -0.15) is 18.4 Å². The van der Waals surface area contributed by atoms with E-state index in [4.69, 9.17) is 15.1 Å². The van der Waals surface area contributed by atoms with Crippen molar-refractivity contribution in [2.75, 3.05) is 31.2 Å². The third-order valence-corrected chi connectivity index (χ3v) is 3.62. The Morgan fingerprint density at radius 3 is 2.82 bits per heavy atom. The van der Waals surface area contributed by atoms with Gasteiger partial charge in [0.15, 0.2) is 0 Å². The van der Waals surface area contributed by atoms with Crippen LogP contribution in [-0.2, 0) is 10.9 Å². The van der Waals surface area contributed by atoms with Crippen LogP contribution in [0.2, 0.25) is 0 Å². The predicted molar refractivity (Wildman–Crippen MR) is 74.4 cm³/mol. The molecule has 0 spiro atoms. The van der Waals surface area contributed by atoms with E-state index in [0.717, 1.165) is 18.9 Å². The van der Waals surface area contributed by atoms with Gasteiger partial charge in [-0.1, -0.05) is 0 Å². The summed E-state index contributed by atoms with van der Waals surface area (Å²) in [4.78, 5) is 1.82. The zero-order valence-corrected chi connectivity index (χ0v) is 11.9. The van der Waals surface area contributed by atoms with E-state index in [1.807, 2.05) is 4.90 Å². The quantitative estimate of drug-likeness (QED) is 0.928. The van der Waals surface area contributed by atoms with Gasteiger partial charge in [0.25, 0.3) is 0 Å². The first-order valence-corrected chi connectivity index (χ1v) is 7.04. The van der Waals surface area contributed by atoms with Crippen LogP contribution < -0.4 is 4.90 Å². The molecule has 0 bridgehead atoms. The highest BCUT2D eigenvalue weighted by Gasteiger charge is 2.34. The van der Waals surface area contributed by atoms with Gasteiger partial charge in [-0.3, -0.25) is 0 Å². The first-order chi connectivity index (χ1) is 10.5. The molecule has 7 heteroatoms. The van der Waals surface area contributed by atoms with Crippen molar-refractivity contribution in [3.63, 3.8) is 0 Å². The second-order valence-corrected chi connectivity index (χ2v) is 5.14. The number of nitriles is 1. The Kier molecular flexibility index (Phi) is 5.27. The molecule has 1 aromatic rings. The number of nitrogens with zero attached hydrogens (tertiary/aromatic N) is 2. The van der Waals surface area contributed by atoms with Gasteiger partial charge >= 0.3 is 6.18 Å². The van der Waals surface area contributed by atoms with Crippen LogP contribution in [0, 0.1) is 11.3 Å². The third-order valence-electron chi connectivity index (χ3n) is 3.62. The van der Waals surface area contributed by atoms with Crippen LogP contribution in [0.1, 0.15) is 24.0 Å². The number of alkyl halides is 3. The van der Waals surface area contributed by atoms with Crippen molar-refractivity contribution < 1.29 is 23.0 Å². The molecule has 1 fully saturated rings. The van der Waals surface area contributed by atoms with Crippen LogP contribution in [0.3, 0.4) is 0 Å². The number of hydrogen-bond donors (Lipinski definition) is 1. The molecule has 1 aromatic carbocycles. The molecule has 1 unspecified atom stereocenters. The van der Waals surface area contributed by atoms with Gasteiger partial charge in [0.1, 0.15) is 0 Å². The smallest absolute Gasteiger partial charge is 0.394 e. The van der Waals surface area contributed by atoms with E-state index < -0.39 is 11.7 Å². The molecule has 1 N–H and O–H groups in total. The van der Waals surface area contributed by atoms with Gasteiger partial charge in [0.05, 0.1) is 36.5 Å². The summed E-state index contributed by atoms with van der Waals surface area (Å²) in [7, 11) is 0. The average molecular weight is 314 g/mol. The van der Waals surface area contributed by atoms with E-state index in [1.54, 1.807) is 6.07 Å². The van der Waals surface area contributed by atoms with Crippen molar-refractivity contribution in [3.05, 3.63) is 29.3 Å². The van der Waals surface area contributed by atoms with Crippen LogP contribution in [0.4, 0.5) is 18.9 Å². The van der Waals surface area contributed by atoms with Gasteiger partial charge in [-0.15, -0.1) is 0 Å². The van der Waals surface area contributed by atoms with Crippen molar-refractivity contribution in [1.29, 1.82) is 5.26 Å². The average Bonchev–Trinajstić information content (AvgIpc) is 2.51. The number of rotatable bonds is 4. The molecule has 2 rings (SSSR count). The van der Waals surface area contributed by atoms with E-state index in [2.05, 4.69) is 0 Å². The van der Waals surface area contributed by atoms with Crippen molar-refractivity contribution >= 4 is 5.69 Å². The molecule has 1 heterocycles. The van der Waals surface area contributed by atoms with E-state index in [-0.39, 0.29) is 24.9 Å². The summed E-state index contributed by atoms with van der Waals surface area (Å²) < 4.78 is 44.5. The van der Waals surface area contributed by atoms with Crippen LogP contribution in [0.15, 0.2) is 18.2 Å². The predicted octanol–water partition coefficient (Wildman–Crippen LogP) is 2.55. The van der Waals surface area contributed by atoms with Gasteiger partial charge in [-0.25, -0.2) is 0 Å². The highest BCUT2D eigenvalue weighted by atomic mass is 19.4. The summed E-state index contributed by atoms with van der Waals surface area (Å²) in [6.07, 6.45) is -3.04. The first-order valence-electron chi connectivity index (χ1n) is 7.04. The maximum Gasteiger partial charge on any atom is 0.417 e. The molecular formula is C15H17F3N2O2. The minimum absolute atomic E-state index is 0.0778. The summed E-state index contributed by atoms with van der Waals surface area (Å²) in [5.74, 6) is 0. The fourth-order valence-corrected chi connectivity index (χ4v) is 2.59. The van der Waals surface area contributed by atoms with Crippen LogP contribution in [0.5, 0.6) is 0 Å². The molecule has 1 saturated heterocycles. The number of benzene rings is 1. The fourth-order valence-electron chi connectivity index (χ4n) is 2.59. The second kappa shape index (κ2) is 6.99. The molecule has 1 aliphatic rings. The van der Waals surface area contributed by atoms with Crippen LogP contribution >= 0.6 is 0 Å². The Morgan fingerprint density at radius 1 is 1.41 bits per heavy atom. The SMILES string of the molecule is N#Cc1ccc(N2CCCC(OCCO)C2)cc1C(F)(F)F. The Labute approximate surface area is 126 Å². The Balaban J connectivity index is 2.20. The fraction of sp³-hybridized carbons (Fsp3) is 0.533. The molecule has 22 heavy (non-hydrogen) atoms. The van der Waals surface area contributed by atoms with Gasteiger partial charge in [-0.05, 0) is 31.0 Å². The van der Waals surface area contributed by atoms with Crippen molar-refractivity contribution in [1.82, 2.24) is 0 Å². The lowest BCUT2D eigenvalue weighted by Crippen LogP contribution is -2.40. The second-order valence-electron chi connectivity index (χ2n) is 5.14. The number of aliphatic hydroxyl groups is 1. The topological polar surface area (TPSA) is 56.5 Å². The van der Waals surface area contributed by atoms with Gasteiger partial charge in [0.2, 0.25) is 0 Å². The minimum Gasteiger partial charge on any atom is -0.394 e. The lowest BCUT2D eigenvalue weighted by atomic mass is 10.0. The maximum absolute atomic E-state index is 13.0. The van der Waals surface area contributed by atoms with E-state index in [1.165, 1.54) is 12.1 Å². The third kappa shape index (κ3) is 3.90. The van der Waals surface area contributed by atoms with Gasteiger partial charge in [0, 0.05) is 18.8 Å². The molecule has 0 amide bonds. The number of piperidine rings is 1. The monoisotopic (exact) mass is 314 g/mol. The highest BCUT2D eigenvalue weighted by Crippen LogP contribution is 2.35. The number of anilines is 1. The van der Waals surface area contributed by atoms with E-state index >= 15 is 0 Å². The molecule has 0 aliphatic carbocycles. The van der Waals surface area contributed by atoms with Gasteiger partial charge < -0.3 is 14.7 Å². The van der Waals surface area contributed by atoms with Crippen molar-refractivity contribution in [3.8, 4) is 6.07 Å². The lowest BCUT2D eigenvalue weighted by molar-refractivity contribution is -0.137. The standard InChI is InChI=1S/C15H17F3N2O2/c16-15(17,18)14-8-12(4-3-11(14)9-19)20-5-1-2-13(10-20)22-7-6-21/h3-4,8,13,21H,1-2,5-7,10H2. The minimum atomic E-state index is -4.55. The Bertz CT molecular complexity index is 555. The van der Waals surface area contributed by atoms with Crippen molar-refractivity contribution in [2.45, 2.75) is 25.1 Å². The summed E-state index contributed by atoms with van der Waals surface area (Å²) in [6, 6.07) is 5.33. The molecule has 0 aromatic heterocycles. The largest absolute Gasteiger partial charge is 0.417 e. The molecule has 0 saturated carbocycles. The van der Waals surface area contributed by atoms with Crippen LogP contribution in [0.25, 0.3) is 0 Å². The number of halogens is 3. The van der Waals surface area contributed by atoms with Crippen LogP contribution in [-0.4, -0.2) is 37.5 Å². The highest BCUT2D eigenvalue weighted by molar-refractivity contribution is 5.55. The Morgan fingerprint density at radius 2 is 2.18 bits per heavy atom. The molecule has 1 atom stereocenters.